The molecule has 1 amide bonds. The summed E-state index contributed by atoms with van der Waals surface area (Å²) in [4.78, 5) is 27.7. The fourth-order valence-electron chi connectivity index (χ4n) is 3.32. The van der Waals surface area contributed by atoms with Crippen LogP contribution in [0.1, 0.15) is 18.4 Å². The Hall–Kier alpha value is -1.77. The van der Waals surface area contributed by atoms with E-state index in [9.17, 15) is 4.79 Å². The van der Waals surface area contributed by atoms with Gasteiger partial charge in [-0.1, -0.05) is 0 Å². The lowest BCUT2D eigenvalue weighted by Gasteiger charge is -2.35. The molecule has 0 aromatic carbocycles. The molecule has 0 radical (unpaired) electrons. The van der Waals surface area contributed by atoms with Gasteiger partial charge in [-0.2, -0.15) is 0 Å². The lowest BCUT2D eigenvalue weighted by Crippen LogP contribution is -2.49. The van der Waals surface area contributed by atoms with E-state index in [0.717, 1.165) is 76.8 Å². The highest BCUT2D eigenvalue weighted by molar-refractivity contribution is 5.76. The number of carbonyl (C=O) groups is 1. The smallest absolute Gasteiger partial charge is 0.225 e. The molecule has 2 saturated heterocycles. The topological polar surface area (TPSA) is 90.6 Å². The van der Waals surface area contributed by atoms with Gasteiger partial charge < -0.3 is 25.8 Å². The Morgan fingerprint density at radius 1 is 1.08 bits per heavy atom. The third-order valence-corrected chi connectivity index (χ3v) is 4.92. The van der Waals surface area contributed by atoms with Crippen molar-refractivity contribution >= 4 is 11.9 Å². The van der Waals surface area contributed by atoms with Gasteiger partial charge in [0.1, 0.15) is 0 Å². The first-order chi connectivity index (χ1) is 12.3. The zero-order valence-corrected chi connectivity index (χ0v) is 14.9. The number of hydrogen-bond acceptors (Lipinski definition) is 7. The molecule has 138 valence electrons. The number of piperazine rings is 2. The van der Waals surface area contributed by atoms with Gasteiger partial charge in [0, 0.05) is 83.3 Å². The van der Waals surface area contributed by atoms with Gasteiger partial charge in [-0.3, -0.25) is 4.79 Å². The largest absolute Gasteiger partial charge is 0.339 e. The van der Waals surface area contributed by atoms with E-state index in [-0.39, 0.29) is 5.91 Å². The highest BCUT2D eigenvalue weighted by atomic mass is 16.2. The van der Waals surface area contributed by atoms with Gasteiger partial charge >= 0.3 is 0 Å². The van der Waals surface area contributed by atoms with Crippen molar-refractivity contribution < 1.29 is 4.79 Å². The minimum atomic E-state index is 0.272. The Kier molecular flexibility index (Phi) is 6.55. The summed E-state index contributed by atoms with van der Waals surface area (Å²) in [6.07, 6.45) is 5.14. The number of nitrogens with zero attached hydrogens (tertiary/aromatic N) is 5. The third-order valence-electron chi connectivity index (χ3n) is 4.92. The summed E-state index contributed by atoms with van der Waals surface area (Å²) in [5.74, 6) is 0.997. The predicted octanol–water partition coefficient (Wildman–Crippen LogP) is -0.731. The van der Waals surface area contributed by atoms with Gasteiger partial charge in [0.25, 0.3) is 0 Å². The maximum Gasteiger partial charge on any atom is 0.225 e. The molecule has 0 atom stereocenters. The second kappa shape index (κ2) is 9.07. The van der Waals surface area contributed by atoms with Gasteiger partial charge in [0.2, 0.25) is 11.9 Å². The van der Waals surface area contributed by atoms with E-state index < -0.39 is 0 Å². The van der Waals surface area contributed by atoms with Crippen LogP contribution in [0.25, 0.3) is 0 Å². The van der Waals surface area contributed by atoms with Crippen LogP contribution in [-0.2, 0) is 11.3 Å². The molecule has 1 aromatic heterocycles. The van der Waals surface area contributed by atoms with E-state index in [1.54, 1.807) is 12.4 Å². The number of nitrogens with two attached hydrogens (primary N) is 1. The van der Waals surface area contributed by atoms with Crippen molar-refractivity contribution in [3.8, 4) is 0 Å². The number of carbonyl (C=O) groups excluding carboxylic acids is 1. The van der Waals surface area contributed by atoms with Crippen LogP contribution in [0.5, 0.6) is 0 Å². The van der Waals surface area contributed by atoms with E-state index in [1.807, 2.05) is 4.90 Å². The number of hydrogen-bond donors (Lipinski definition) is 2. The molecule has 2 fully saturated rings. The van der Waals surface area contributed by atoms with Gasteiger partial charge in [0.15, 0.2) is 0 Å². The van der Waals surface area contributed by atoms with Crippen molar-refractivity contribution in [3.05, 3.63) is 18.0 Å². The first kappa shape index (κ1) is 18.0. The summed E-state index contributed by atoms with van der Waals surface area (Å²) in [6.45, 7) is 8.84. The van der Waals surface area contributed by atoms with Crippen molar-refractivity contribution in [1.82, 2.24) is 25.1 Å². The summed E-state index contributed by atoms with van der Waals surface area (Å²) >= 11 is 0. The van der Waals surface area contributed by atoms with E-state index >= 15 is 0 Å². The van der Waals surface area contributed by atoms with E-state index in [1.165, 1.54) is 0 Å². The fourth-order valence-corrected chi connectivity index (χ4v) is 3.32. The highest BCUT2D eigenvalue weighted by Crippen LogP contribution is 2.12. The van der Waals surface area contributed by atoms with Crippen LogP contribution >= 0.6 is 0 Å². The number of rotatable bonds is 6. The molecule has 0 saturated carbocycles. The second-order valence-corrected chi connectivity index (χ2v) is 6.66. The Labute approximate surface area is 149 Å². The quantitative estimate of drug-likeness (QED) is 0.701. The Bertz CT molecular complexity index is 536. The van der Waals surface area contributed by atoms with Crippen LogP contribution in [0.15, 0.2) is 12.4 Å². The van der Waals surface area contributed by atoms with Gasteiger partial charge in [-0.25, -0.2) is 9.97 Å². The minimum absolute atomic E-state index is 0.272. The Morgan fingerprint density at radius 2 is 1.76 bits per heavy atom. The van der Waals surface area contributed by atoms with Crippen molar-refractivity contribution in [2.24, 2.45) is 5.73 Å². The maximum atomic E-state index is 12.4. The van der Waals surface area contributed by atoms with Gasteiger partial charge in [-0.05, 0) is 13.0 Å². The van der Waals surface area contributed by atoms with Crippen LogP contribution in [0.2, 0.25) is 0 Å². The summed E-state index contributed by atoms with van der Waals surface area (Å²) in [5.41, 5.74) is 6.51. The lowest BCUT2D eigenvalue weighted by atomic mass is 10.2. The van der Waals surface area contributed by atoms with E-state index in [2.05, 4.69) is 25.1 Å². The molecule has 1 aromatic rings. The normalized spacial score (nSPS) is 19.2. The van der Waals surface area contributed by atoms with Crippen LogP contribution in [0, 0.1) is 0 Å². The SMILES string of the molecule is NCc1cnc(N2CCN(C(=O)CCCN3CCNCC3)CC2)nc1. The van der Waals surface area contributed by atoms with Crippen LogP contribution in [-0.4, -0.2) is 84.6 Å². The molecule has 8 heteroatoms. The second-order valence-electron chi connectivity index (χ2n) is 6.66. The van der Waals surface area contributed by atoms with Crippen LogP contribution in [0.3, 0.4) is 0 Å². The summed E-state index contributed by atoms with van der Waals surface area (Å²) < 4.78 is 0. The monoisotopic (exact) mass is 347 g/mol. The first-order valence-electron chi connectivity index (χ1n) is 9.23. The third kappa shape index (κ3) is 5.10. The molecule has 2 aliphatic rings. The van der Waals surface area contributed by atoms with Crippen LogP contribution in [0.4, 0.5) is 5.95 Å². The van der Waals surface area contributed by atoms with Crippen molar-refractivity contribution in [2.75, 3.05) is 63.8 Å². The number of amides is 1. The zero-order valence-electron chi connectivity index (χ0n) is 14.9. The van der Waals surface area contributed by atoms with Crippen molar-refractivity contribution in [1.29, 1.82) is 0 Å². The molecule has 0 unspecified atom stereocenters. The Morgan fingerprint density at radius 3 is 2.40 bits per heavy atom. The van der Waals surface area contributed by atoms with Crippen LogP contribution < -0.4 is 16.0 Å². The molecular weight excluding hydrogens is 318 g/mol. The summed E-state index contributed by atoms with van der Waals surface area (Å²) in [5, 5.41) is 3.35. The van der Waals surface area contributed by atoms with Gasteiger partial charge in [0.05, 0.1) is 0 Å². The molecule has 8 nitrogen and oxygen atoms in total. The number of anilines is 1. The molecule has 0 spiro atoms. The molecule has 0 aliphatic carbocycles. The average molecular weight is 347 g/mol. The predicted molar refractivity (Wildman–Crippen MR) is 97.3 cm³/mol. The molecule has 3 N–H and O–H groups in total. The van der Waals surface area contributed by atoms with Crippen molar-refractivity contribution in [3.63, 3.8) is 0 Å². The summed E-state index contributed by atoms with van der Waals surface area (Å²) in [6, 6.07) is 0. The minimum Gasteiger partial charge on any atom is -0.339 e. The molecule has 3 heterocycles. The summed E-state index contributed by atoms with van der Waals surface area (Å²) in [7, 11) is 0. The average Bonchev–Trinajstić information content (AvgIpc) is 2.69. The molecule has 25 heavy (non-hydrogen) atoms. The van der Waals surface area contributed by atoms with Crippen molar-refractivity contribution in [2.45, 2.75) is 19.4 Å². The first-order valence-corrected chi connectivity index (χ1v) is 9.23. The molecule has 2 aliphatic heterocycles. The lowest BCUT2D eigenvalue weighted by molar-refractivity contribution is -0.131. The van der Waals surface area contributed by atoms with E-state index in [4.69, 9.17) is 5.73 Å². The van der Waals surface area contributed by atoms with E-state index in [0.29, 0.717) is 13.0 Å². The number of nitrogens with one attached hydrogen (secondary N) is 1. The fraction of sp³-hybridized carbons (Fsp3) is 0.706. The molecular formula is C17H29N7O. The molecule has 0 bridgehead atoms. The zero-order chi connectivity index (χ0) is 17.5. The van der Waals surface area contributed by atoms with Gasteiger partial charge in [-0.15, -0.1) is 0 Å². The standard InChI is InChI=1S/C17H29N7O/c18-12-15-13-20-17(21-14-15)24-10-8-23(9-11-24)16(25)2-1-5-22-6-3-19-4-7-22/h13-14,19H,1-12,18H2. The highest BCUT2D eigenvalue weighted by Gasteiger charge is 2.22. The maximum absolute atomic E-state index is 12.4. The Balaban J connectivity index is 1.38. The number of aromatic nitrogens is 2. The molecule has 3 rings (SSSR count).